The topological polar surface area (TPSA) is 49.0 Å². The van der Waals surface area contributed by atoms with Crippen LogP contribution in [0.4, 0.5) is 5.69 Å². The minimum Gasteiger partial charge on any atom is -0.378 e. The molecular weight excluding hydrogens is 390 g/mol. The van der Waals surface area contributed by atoms with Gasteiger partial charge in [-0.05, 0) is 55.1 Å². The molecule has 0 aliphatic carbocycles. The summed E-state index contributed by atoms with van der Waals surface area (Å²) in [6.45, 7) is 3.88. The molecule has 0 saturated carbocycles. The van der Waals surface area contributed by atoms with E-state index in [0.29, 0.717) is 10.6 Å². The van der Waals surface area contributed by atoms with Gasteiger partial charge in [0, 0.05) is 30.9 Å². The van der Waals surface area contributed by atoms with E-state index in [2.05, 4.69) is 39.1 Å². The van der Waals surface area contributed by atoms with Crippen LogP contribution in [0.5, 0.6) is 0 Å². The van der Waals surface area contributed by atoms with Crippen molar-refractivity contribution in [2.24, 2.45) is 0 Å². The van der Waals surface area contributed by atoms with Gasteiger partial charge in [-0.2, -0.15) is 0 Å². The fraction of sp³-hybridized carbons (Fsp3) is 0.182. The lowest BCUT2D eigenvalue weighted by molar-refractivity contribution is 1.13. The van der Waals surface area contributed by atoms with Crippen LogP contribution < -0.4 is 10.5 Å². The average molecular weight is 410 g/mol. The lowest BCUT2D eigenvalue weighted by Crippen LogP contribution is -2.08. The molecule has 2 aromatic heterocycles. The van der Waals surface area contributed by atoms with E-state index in [-0.39, 0.29) is 5.56 Å². The highest BCUT2D eigenvalue weighted by Gasteiger charge is 2.14. The number of nitrogens with one attached hydrogen (secondary N) is 1. The Morgan fingerprint density at radius 2 is 1.71 bits per heavy atom. The van der Waals surface area contributed by atoms with Crippen LogP contribution in [0.1, 0.15) is 10.7 Å². The summed E-state index contributed by atoms with van der Waals surface area (Å²) in [7, 11) is 4.03. The van der Waals surface area contributed by atoms with E-state index in [4.69, 9.17) is 11.6 Å². The minimum absolute atomic E-state index is 0.126. The van der Waals surface area contributed by atoms with Gasteiger partial charge in [-0.1, -0.05) is 23.7 Å². The number of thiazole rings is 1. The van der Waals surface area contributed by atoms with E-state index in [1.54, 1.807) is 0 Å². The normalized spacial score (nSPS) is 11.2. The van der Waals surface area contributed by atoms with Gasteiger partial charge in [0.25, 0.3) is 5.56 Å². The second-order valence-corrected chi connectivity index (χ2v) is 8.63. The summed E-state index contributed by atoms with van der Waals surface area (Å²) >= 11 is 8.07. The number of hydrogen-bond acceptors (Lipinski definition) is 4. The summed E-state index contributed by atoms with van der Waals surface area (Å²) in [5, 5.41) is 2.50. The third kappa shape index (κ3) is 3.32. The Morgan fingerprint density at radius 3 is 2.32 bits per heavy atom. The number of halogens is 1. The highest BCUT2D eigenvalue weighted by molar-refractivity contribution is 7.15. The van der Waals surface area contributed by atoms with Crippen molar-refractivity contribution in [2.75, 3.05) is 19.0 Å². The molecule has 142 valence electrons. The Labute approximate surface area is 172 Å². The smallest absolute Gasteiger partial charge is 0.257 e. The molecule has 2 aromatic carbocycles. The molecule has 0 fully saturated rings. The first-order valence-electron chi connectivity index (χ1n) is 8.92. The molecule has 0 unspecified atom stereocenters. The van der Waals surface area contributed by atoms with Crippen LogP contribution in [-0.4, -0.2) is 24.1 Å². The third-order valence-electron chi connectivity index (χ3n) is 4.77. The van der Waals surface area contributed by atoms with Crippen LogP contribution in [0, 0.1) is 13.8 Å². The van der Waals surface area contributed by atoms with Gasteiger partial charge >= 0.3 is 0 Å². The van der Waals surface area contributed by atoms with Crippen LogP contribution in [0.3, 0.4) is 0 Å². The molecule has 1 N–H and O–H groups in total. The highest BCUT2D eigenvalue weighted by atomic mass is 35.5. The number of benzene rings is 2. The Balaban J connectivity index is 1.88. The summed E-state index contributed by atoms with van der Waals surface area (Å²) in [5.74, 6) is 0. The molecular formula is C22H20ClN3OS. The molecule has 28 heavy (non-hydrogen) atoms. The monoisotopic (exact) mass is 409 g/mol. The quantitative estimate of drug-likeness (QED) is 0.475. The Bertz CT molecular complexity index is 1240. The second kappa shape index (κ2) is 7.08. The van der Waals surface area contributed by atoms with Crippen molar-refractivity contribution >= 4 is 39.5 Å². The fourth-order valence-corrected chi connectivity index (χ4v) is 4.54. The average Bonchev–Trinajstić information content (AvgIpc) is 2.99. The summed E-state index contributed by atoms with van der Waals surface area (Å²) < 4.78 is 0. The molecule has 0 atom stereocenters. The van der Waals surface area contributed by atoms with Crippen molar-refractivity contribution in [2.45, 2.75) is 13.8 Å². The Hall–Kier alpha value is -2.63. The van der Waals surface area contributed by atoms with Gasteiger partial charge in [0.05, 0.1) is 26.2 Å². The first-order valence-corrected chi connectivity index (χ1v) is 10.1. The van der Waals surface area contributed by atoms with E-state index < -0.39 is 0 Å². The number of fused-ring (bicyclic) bond motifs is 1. The highest BCUT2D eigenvalue weighted by Crippen LogP contribution is 2.34. The number of H-pyrrole nitrogens is 1. The van der Waals surface area contributed by atoms with E-state index in [1.807, 2.05) is 46.1 Å². The number of aryl methyl sites for hydroxylation is 2. The minimum atomic E-state index is -0.126. The van der Waals surface area contributed by atoms with Gasteiger partial charge < -0.3 is 9.88 Å². The number of hydrogen-bond donors (Lipinski definition) is 1. The molecule has 0 radical (unpaired) electrons. The van der Waals surface area contributed by atoms with Crippen molar-refractivity contribution in [3.63, 3.8) is 0 Å². The molecule has 0 spiro atoms. The predicted molar refractivity (Wildman–Crippen MR) is 120 cm³/mol. The van der Waals surface area contributed by atoms with Gasteiger partial charge in [-0.15, -0.1) is 11.3 Å². The second-order valence-electron chi connectivity index (χ2n) is 7.02. The van der Waals surface area contributed by atoms with E-state index in [9.17, 15) is 4.79 Å². The van der Waals surface area contributed by atoms with Gasteiger partial charge in [-0.25, -0.2) is 4.98 Å². The zero-order chi connectivity index (χ0) is 20.0. The summed E-state index contributed by atoms with van der Waals surface area (Å²) in [4.78, 5) is 23.0. The lowest BCUT2D eigenvalue weighted by Gasteiger charge is -2.13. The van der Waals surface area contributed by atoms with Crippen LogP contribution in [0.15, 0.2) is 47.3 Å². The number of anilines is 1. The van der Waals surface area contributed by atoms with Crippen LogP contribution in [-0.2, 0) is 0 Å². The van der Waals surface area contributed by atoms with E-state index >= 15 is 0 Å². The zero-order valence-electron chi connectivity index (χ0n) is 16.1. The van der Waals surface area contributed by atoms with E-state index in [1.165, 1.54) is 11.3 Å². The lowest BCUT2D eigenvalue weighted by atomic mass is 10.0. The Kier molecular flexibility index (Phi) is 4.73. The molecule has 6 heteroatoms. The van der Waals surface area contributed by atoms with Crippen molar-refractivity contribution in [1.29, 1.82) is 0 Å². The van der Waals surface area contributed by atoms with Gasteiger partial charge in [0.15, 0.2) is 0 Å². The maximum atomic E-state index is 12.6. The van der Waals surface area contributed by atoms with Gasteiger partial charge in [0.1, 0.15) is 0 Å². The Morgan fingerprint density at radius 1 is 1.04 bits per heavy atom. The SMILES string of the molecule is Cc1nc(C)c(-c2cc3cc(-c4ccc(N(C)C)cc4)c(Cl)cc3[nH]c2=O)s1. The standard InChI is InChI=1S/C22H20ClN3OS/c1-12-21(28-13(2)24-12)18-10-15-9-17(19(23)11-20(15)25-22(18)27)14-5-7-16(8-6-14)26(3)4/h5-11H,1-4H3,(H,25,27). The van der Waals surface area contributed by atoms with Crippen LogP contribution in [0.25, 0.3) is 32.5 Å². The molecule has 4 nitrogen and oxygen atoms in total. The van der Waals surface area contributed by atoms with Crippen molar-refractivity contribution in [3.8, 4) is 21.6 Å². The number of pyridine rings is 1. The largest absolute Gasteiger partial charge is 0.378 e. The molecule has 0 saturated heterocycles. The zero-order valence-corrected chi connectivity index (χ0v) is 17.7. The summed E-state index contributed by atoms with van der Waals surface area (Å²) in [6.07, 6.45) is 0. The molecule has 2 heterocycles. The summed E-state index contributed by atoms with van der Waals surface area (Å²) in [6, 6.07) is 14.0. The maximum Gasteiger partial charge on any atom is 0.257 e. The predicted octanol–water partition coefficient (Wildman–Crippen LogP) is 5.65. The fourth-order valence-electron chi connectivity index (χ4n) is 3.34. The summed E-state index contributed by atoms with van der Waals surface area (Å²) in [5.41, 5.74) is 5.23. The molecule has 0 bridgehead atoms. The van der Waals surface area contributed by atoms with Crippen molar-refractivity contribution < 1.29 is 0 Å². The third-order valence-corrected chi connectivity index (χ3v) is 6.19. The molecule has 4 aromatic rings. The van der Waals surface area contributed by atoms with Crippen LogP contribution in [0.2, 0.25) is 5.02 Å². The first kappa shape index (κ1) is 18.7. The van der Waals surface area contributed by atoms with Crippen molar-refractivity contribution in [1.82, 2.24) is 9.97 Å². The number of aromatic amines is 1. The van der Waals surface area contributed by atoms with Crippen molar-refractivity contribution in [3.05, 3.63) is 68.5 Å². The molecule has 0 aliphatic rings. The number of aromatic nitrogens is 2. The van der Waals surface area contributed by atoms with Crippen LogP contribution >= 0.6 is 22.9 Å². The number of rotatable bonds is 3. The van der Waals surface area contributed by atoms with E-state index in [0.717, 1.165) is 43.3 Å². The van der Waals surface area contributed by atoms with Gasteiger partial charge in [-0.3, -0.25) is 4.79 Å². The number of nitrogens with zero attached hydrogens (tertiary/aromatic N) is 2. The maximum absolute atomic E-state index is 12.6. The molecule has 4 rings (SSSR count). The first-order chi connectivity index (χ1) is 13.3. The molecule has 0 amide bonds. The molecule has 0 aliphatic heterocycles. The van der Waals surface area contributed by atoms with Gasteiger partial charge in [0.2, 0.25) is 0 Å².